The summed E-state index contributed by atoms with van der Waals surface area (Å²) in [5, 5.41) is 0. The van der Waals surface area contributed by atoms with Crippen LogP contribution in [0, 0.1) is 5.92 Å². The van der Waals surface area contributed by atoms with Crippen molar-refractivity contribution in [2.75, 3.05) is 39.4 Å². The van der Waals surface area contributed by atoms with E-state index in [2.05, 4.69) is 0 Å². The quantitative estimate of drug-likeness (QED) is 0.691. The monoisotopic (exact) mass is 227 g/mol. The van der Waals surface area contributed by atoms with Crippen molar-refractivity contribution >= 4 is 6.03 Å². The van der Waals surface area contributed by atoms with Crippen LogP contribution >= 0.6 is 0 Å². The number of ether oxygens (including phenoxy) is 1. The van der Waals surface area contributed by atoms with Crippen LogP contribution in [-0.2, 0) is 4.74 Å². The van der Waals surface area contributed by atoms with Crippen molar-refractivity contribution in [2.24, 2.45) is 11.7 Å². The van der Waals surface area contributed by atoms with Crippen LogP contribution in [0.25, 0.3) is 0 Å². The molecule has 0 aromatic heterocycles. The van der Waals surface area contributed by atoms with Crippen molar-refractivity contribution in [1.29, 1.82) is 0 Å². The second-order valence-corrected chi connectivity index (χ2v) is 4.74. The fourth-order valence-corrected chi connectivity index (χ4v) is 2.34. The normalized spacial score (nSPS) is 28.2. The van der Waals surface area contributed by atoms with E-state index in [0.717, 1.165) is 32.6 Å². The van der Waals surface area contributed by atoms with Gasteiger partial charge in [-0.2, -0.15) is 0 Å². The molecule has 2 rings (SSSR count). The number of morpholine rings is 1. The Morgan fingerprint density at radius 1 is 1.31 bits per heavy atom. The lowest BCUT2D eigenvalue weighted by atomic mass is 10.0. The van der Waals surface area contributed by atoms with Crippen molar-refractivity contribution in [3.8, 4) is 0 Å². The predicted molar refractivity (Wildman–Crippen MR) is 61.1 cm³/mol. The Kier molecular flexibility index (Phi) is 3.66. The van der Waals surface area contributed by atoms with E-state index >= 15 is 0 Å². The number of urea groups is 1. The number of hydrogen-bond donors (Lipinski definition) is 1. The molecule has 0 radical (unpaired) electrons. The molecule has 2 unspecified atom stereocenters. The molecule has 0 aromatic rings. The number of hydrogen-bond acceptors (Lipinski definition) is 3. The Morgan fingerprint density at radius 2 is 2.00 bits per heavy atom. The Labute approximate surface area is 96.5 Å². The van der Waals surface area contributed by atoms with Gasteiger partial charge in [-0.1, -0.05) is 0 Å². The average molecular weight is 227 g/mol. The largest absolute Gasteiger partial charge is 0.378 e. The van der Waals surface area contributed by atoms with Crippen LogP contribution in [-0.4, -0.2) is 61.3 Å². The number of nitrogens with zero attached hydrogens (tertiary/aromatic N) is 2. The maximum atomic E-state index is 12.1. The van der Waals surface area contributed by atoms with E-state index in [1.54, 1.807) is 0 Å². The Morgan fingerprint density at radius 3 is 2.56 bits per heavy atom. The average Bonchev–Trinajstić information content (AvgIpc) is 2.78. The van der Waals surface area contributed by atoms with Crippen LogP contribution in [0.15, 0.2) is 0 Å². The highest BCUT2D eigenvalue weighted by atomic mass is 16.5. The van der Waals surface area contributed by atoms with Crippen molar-refractivity contribution < 1.29 is 9.53 Å². The van der Waals surface area contributed by atoms with Crippen molar-refractivity contribution in [1.82, 2.24) is 9.80 Å². The fourth-order valence-electron chi connectivity index (χ4n) is 2.34. The summed E-state index contributed by atoms with van der Waals surface area (Å²) in [5.41, 5.74) is 5.87. The van der Waals surface area contributed by atoms with Gasteiger partial charge in [0.2, 0.25) is 0 Å². The number of rotatable bonds is 1. The first kappa shape index (κ1) is 11.7. The molecule has 5 heteroatoms. The molecule has 2 amide bonds. The number of carbonyl (C=O) groups is 1. The molecule has 92 valence electrons. The molecule has 2 heterocycles. The highest BCUT2D eigenvalue weighted by Crippen LogP contribution is 2.20. The van der Waals surface area contributed by atoms with Gasteiger partial charge in [-0.05, 0) is 19.3 Å². The minimum Gasteiger partial charge on any atom is -0.378 e. The number of nitrogens with two attached hydrogens (primary N) is 1. The lowest BCUT2D eigenvalue weighted by Crippen LogP contribution is -2.47. The first-order valence-corrected chi connectivity index (χ1v) is 6.05. The summed E-state index contributed by atoms with van der Waals surface area (Å²) in [6.07, 6.45) is 1.04. The van der Waals surface area contributed by atoms with Crippen molar-refractivity contribution in [3.05, 3.63) is 0 Å². The number of likely N-dealkylation sites (tertiary alicyclic amines) is 1. The first-order valence-electron chi connectivity index (χ1n) is 6.05. The fraction of sp³-hybridized carbons (Fsp3) is 0.909. The van der Waals surface area contributed by atoms with Gasteiger partial charge in [-0.25, -0.2) is 4.79 Å². The zero-order valence-electron chi connectivity index (χ0n) is 9.89. The third-order valence-corrected chi connectivity index (χ3v) is 3.52. The zero-order chi connectivity index (χ0) is 11.5. The van der Waals surface area contributed by atoms with E-state index in [4.69, 9.17) is 10.5 Å². The van der Waals surface area contributed by atoms with Crippen LogP contribution in [0.5, 0.6) is 0 Å². The molecule has 0 saturated carbocycles. The maximum Gasteiger partial charge on any atom is 0.320 e. The lowest BCUT2D eigenvalue weighted by Gasteiger charge is -2.31. The van der Waals surface area contributed by atoms with Gasteiger partial charge < -0.3 is 20.3 Å². The summed E-state index contributed by atoms with van der Waals surface area (Å²) in [6, 6.07) is 0.342. The topological polar surface area (TPSA) is 58.8 Å². The Balaban J connectivity index is 1.86. The molecule has 2 aliphatic rings. The highest BCUT2D eigenvalue weighted by Gasteiger charge is 2.31. The molecule has 2 N–H and O–H groups in total. The smallest absolute Gasteiger partial charge is 0.320 e. The van der Waals surface area contributed by atoms with Gasteiger partial charge in [0.1, 0.15) is 0 Å². The van der Waals surface area contributed by atoms with Gasteiger partial charge in [-0.15, -0.1) is 0 Å². The molecule has 5 nitrogen and oxygen atoms in total. The zero-order valence-corrected chi connectivity index (χ0v) is 9.89. The molecular weight excluding hydrogens is 206 g/mol. The molecule has 0 spiro atoms. The third-order valence-electron chi connectivity index (χ3n) is 3.52. The van der Waals surface area contributed by atoms with E-state index < -0.39 is 0 Å². The molecule has 2 fully saturated rings. The van der Waals surface area contributed by atoms with Crippen LogP contribution in [0.3, 0.4) is 0 Å². The van der Waals surface area contributed by atoms with Crippen LogP contribution in [0.4, 0.5) is 4.79 Å². The Bertz CT molecular complexity index is 252. The SMILES string of the molecule is CC(N)C1CCN(C(=O)N2CCOCC2)C1. The van der Waals surface area contributed by atoms with Gasteiger partial charge in [0, 0.05) is 32.2 Å². The maximum absolute atomic E-state index is 12.1. The summed E-state index contributed by atoms with van der Waals surface area (Å²) >= 11 is 0. The van der Waals surface area contributed by atoms with Gasteiger partial charge in [0.25, 0.3) is 0 Å². The van der Waals surface area contributed by atoms with Gasteiger partial charge >= 0.3 is 6.03 Å². The Hall–Kier alpha value is -0.810. The van der Waals surface area contributed by atoms with E-state index in [1.807, 2.05) is 16.7 Å². The molecule has 2 atom stereocenters. The second-order valence-electron chi connectivity index (χ2n) is 4.74. The molecule has 0 aromatic carbocycles. The van der Waals surface area contributed by atoms with Crippen molar-refractivity contribution in [2.45, 2.75) is 19.4 Å². The third kappa shape index (κ3) is 2.47. The van der Waals surface area contributed by atoms with Crippen LogP contribution < -0.4 is 5.73 Å². The summed E-state index contributed by atoms with van der Waals surface area (Å²) in [5.74, 6) is 0.463. The minimum atomic E-state index is 0.159. The summed E-state index contributed by atoms with van der Waals surface area (Å²) in [6.45, 7) is 6.45. The van der Waals surface area contributed by atoms with E-state index in [-0.39, 0.29) is 12.1 Å². The van der Waals surface area contributed by atoms with Crippen molar-refractivity contribution in [3.63, 3.8) is 0 Å². The molecule has 2 saturated heterocycles. The summed E-state index contributed by atoms with van der Waals surface area (Å²) in [7, 11) is 0. The van der Waals surface area contributed by atoms with Gasteiger partial charge in [0.15, 0.2) is 0 Å². The molecular formula is C11H21N3O2. The van der Waals surface area contributed by atoms with E-state index in [9.17, 15) is 4.79 Å². The number of amides is 2. The second kappa shape index (κ2) is 5.01. The summed E-state index contributed by atoms with van der Waals surface area (Å²) in [4.78, 5) is 15.9. The van der Waals surface area contributed by atoms with Gasteiger partial charge in [-0.3, -0.25) is 0 Å². The first-order chi connectivity index (χ1) is 7.68. The highest BCUT2D eigenvalue weighted by molar-refractivity contribution is 5.74. The molecule has 2 aliphatic heterocycles. The van der Waals surface area contributed by atoms with E-state index in [0.29, 0.717) is 19.1 Å². The van der Waals surface area contributed by atoms with Crippen LogP contribution in [0.1, 0.15) is 13.3 Å². The van der Waals surface area contributed by atoms with E-state index in [1.165, 1.54) is 0 Å². The number of carbonyl (C=O) groups excluding carboxylic acids is 1. The van der Waals surface area contributed by atoms with Gasteiger partial charge in [0.05, 0.1) is 13.2 Å². The standard InChI is InChI=1S/C11H21N3O2/c1-9(12)10-2-3-14(8-10)11(15)13-4-6-16-7-5-13/h9-10H,2-8,12H2,1H3. The van der Waals surface area contributed by atoms with Crippen LogP contribution in [0.2, 0.25) is 0 Å². The molecule has 0 aliphatic carbocycles. The molecule has 0 bridgehead atoms. The lowest BCUT2D eigenvalue weighted by molar-refractivity contribution is 0.0448. The molecule has 16 heavy (non-hydrogen) atoms. The minimum absolute atomic E-state index is 0.159. The predicted octanol–water partition coefficient (Wildman–Crippen LogP) is 0.108. The summed E-state index contributed by atoms with van der Waals surface area (Å²) < 4.78 is 5.24.